The summed E-state index contributed by atoms with van der Waals surface area (Å²) in [6.07, 6.45) is 0.480. The normalized spacial score (nSPS) is 22.3. The van der Waals surface area contributed by atoms with Crippen molar-refractivity contribution in [2.45, 2.75) is 25.6 Å². The van der Waals surface area contributed by atoms with Crippen molar-refractivity contribution < 1.29 is 14.6 Å². The van der Waals surface area contributed by atoms with Crippen LogP contribution in [-0.4, -0.2) is 61.4 Å². The predicted octanol–water partition coefficient (Wildman–Crippen LogP) is 0.670. The standard InChI is InChI=1S/C16H24N2O3/c1-12-9-18(10-14(11-19)21-12)16(20)15-6-4-3-5-13(15)7-8-17-2/h3-6,12,14,17,19H,7-11H2,1-2H3. The van der Waals surface area contributed by atoms with E-state index in [1.165, 1.54) is 0 Å². The van der Waals surface area contributed by atoms with Crippen molar-refractivity contribution in [2.75, 3.05) is 33.3 Å². The Balaban J connectivity index is 2.15. The molecule has 1 heterocycles. The van der Waals surface area contributed by atoms with Gasteiger partial charge >= 0.3 is 0 Å². The van der Waals surface area contributed by atoms with Crippen LogP contribution in [0.1, 0.15) is 22.8 Å². The van der Waals surface area contributed by atoms with Crippen LogP contribution in [0.4, 0.5) is 0 Å². The van der Waals surface area contributed by atoms with Gasteiger partial charge in [-0.15, -0.1) is 0 Å². The van der Waals surface area contributed by atoms with Gasteiger partial charge in [0.05, 0.1) is 18.8 Å². The highest BCUT2D eigenvalue weighted by atomic mass is 16.5. The fourth-order valence-electron chi connectivity index (χ4n) is 2.69. The van der Waals surface area contributed by atoms with E-state index in [4.69, 9.17) is 4.74 Å². The maximum Gasteiger partial charge on any atom is 0.254 e. The van der Waals surface area contributed by atoms with E-state index in [1.54, 1.807) is 4.90 Å². The van der Waals surface area contributed by atoms with Crippen LogP contribution in [0, 0.1) is 0 Å². The molecular weight excluding hydrogens is 268 g/mol. The van der Waals surface area contributed by atoms with Gasteiger partial charge in [-0.05, 0) is 38.6 Å². The summed E-state index contributed by atoms with van der Waals surface area (Å²) in [4.78, 5) is 14.5. The van der Waals surface area contributed by atoms with E-state index in [-0.39, 0.29) is 24.7 Å². The average Bonchev–Trinajstić information content (AvgIpc) is 2.51. The van der Waals surface area contributed by atoms with E-state index in [0.29, 0.717) is 13.1 Å². The summed E-state index contributed by atoms with van der Waals surface area (Å²) < 4.78 is 5.59. The molecule has 1 fully saturated rings. The molecule has 0 spiro atoms. The molecule has 2 unspecified atom stereocenters. The number of carbonyl (C=O) groups is 1. The monoisotopic (exact) mass is 292 g/mol. The first-order valence-corrected chi connectivity index (χ1v) is 7.43. The molecule has 1 aliphatic rings. The highest BCUT2D eigenvalue weighted by Gasteiger charge is 2.29. The molecule has 1 amide bonds. The number of carbonyl (C=O) groups excluding carboxylic acids is 1. The number of rotatable bonds is 5. The van der Waals surface area contributed by atoms with Crippen molar-refractivity contribution in [1.29, 1.82) is 0 Å². The topological polar surface area (TPSA) is 61.8 Å². The molecule has 0 aromatic heterocycles. The summed E-state index contributed by atoms with van der Waals surface area (Å²) in [6, 6.07) is 7.73. The van der Waals surface area contributed by atoms with Gasteiger partial charge in [0.1, 0.15) is 0 Å². The Kier molecular flexibility index (Phi) is 5.73. The Labute approximate surface area is 125 Å². The van der Waals surface area contributed by atoms with Crippen LogP contribution in [0.2, 0.25) is 0 Å². The molecule has 1 aliphatic heterocycles. The van der Waals surface area contributed by atoms with Crippen molar-refractivity contribution in [3.63, 3.8) is 0 Å². The summed E-state index contributed by atoms with van der Waals surface area (Å²) >= 11 is 0. The molecule has 0 radical (unpaired) electrons. The van der Waals surface area contributed by atoms with Gasteiger partial charge in [0, 0.05) is 18.7 Å². The molecule has 2 rings (SSSR count). The van der Waals surface area contributed by atoms with Crippen molar-refractivity contribution in [3.8, 4) is 0 Å². The largest absolute Gasteiger partial charge is 0.394 e. The molecule has 21 heavy (non-hydrogen) atoms. The third-order valence-electron chi connectivity index (χ3n) is 3.71. The van der Waals surface area contributed by atoms with Gasteiger partial charge in [-0.1, -0.05) is 18.2 Å². The number of ether oxygens (including phenoxy) is 1. The Bertz CT molecular complexity index is 478. The van der Waals surface area contributed by atoms with Gasteiger partial charge in [0.15, 0.2) is 0 Å². The Morgan fingerprint density at radius 3 is 2.90 bits per heavy atom. The van der Waals surface area contributed by atoms with Crippen molar-refractivity contribution in [1.82, 2.24) is 10.2 Å². The summed E-state index contributed by atoms with van der Waals surface area (Å²) in [7, 11) is 1.90. The van der Waals surface area contributed by atoms with Gasteiger partial charge < -0.3 is 20.1 Å². The molecule has 1 aromatic rings. The van der Waals surface area contributed by atoms with Gasteiger partial charge in [0.2, 0.25) is 0 Å². The van der Waals surface area contributed by atoms with E-state index in [9.17, 15) is 9.90 Å². The van der Waals surface area contributed by atoms with Crippen LogP contribution < -0.4 is 5.32 Å². The molecule has 0 aliphatic carbocycles. The fourth-order valence-corrected chi connectivity index (χ4v) is 2.69. The number of nitrogens with one attached hydrogen (secondary N) is 1. The number of hydrogen-bond acceptors (Lipinski definition) is 4. The average molecular weight is 292 g/mol. The number of morpholine rings is 1. The second kappa shape index (κ2) is 7.54. The van der Waals surface area contributed by atoms with Gasteiger partial charge in [-0.2, -0.15) is 0 Å². The SMILES string of the molecule is CNCCc1ccccc1C(=O)N1CC(C)OC(CO)C1. The molecule has 5 nitrogen and oxygen atoms in total. The summed E-state index contributed by atoms with van der Waals surface area (Å²) in [5.74, 6) is 0.0234. The van der Waals surface area contributed by atoms with Gasteiger partial charge in [-0.25, -0.2) is 0 Å². The zero-order valence-corrected chi connectivity index (χ0v) is 12.7. The Morgan fingerprint density at radius 1 is 1.43 bits per heavy atom. The molecule has 1 aromatic carbocycles. The highest BCUT2D eigenvalue weighted by Crippen LogP contribution is 2.17. The fraction of sp³-hybridized carbons (Fsp3) is 0.562. The van der Waals surface area contributed by atoms with Crippen LogP contribution in [0.15, 0.2) is 24.3 Å². The van der Waals surface area contributed by atoms with E-state index in [1.807, 2.05) is 38.2 Å². The van der Waals surface area contributed by atoms with Gasteiger partial charge in [0.25, 0.3) is 5.91 Å². The van der Waals surface area contributed by atoms with E-state index < -0.39 is 0 Å². The van der Waals surface area contributed by atoms with Crippen LogP contribution >= 0.6 is 0 Å². The zero-order valence-electron chi connectivity index (χ0n) is 12.7. The van der Waals surface area contributed by atoms with E-state index in [2.05, 4.69) is 5.32 Å². The number of hydrogen-bond donors (Lipinski definition) is 2. The molecule has 2 N–H and O–H groups in total. The first-order chi connectivity index (χ1) is 10.2. The predicted molar refractivity (Wildman–Crippen MR) is 81.4 cm³/mol. The maximum atomic E-state index is 12.8. The number of likely N-dealkylation sites (N-methyl/N-ethyl adjacent to an activating group) is 1. The van der Waals surface area contributed by atoms with Crippen molar-refractivity contribution in [2.24, 2.45) is 0 Å². The lowest BCUT2D eigenvalue weighted by atomic mass is 10.0. The first-order valence-electron chi connectivity index (χ1n) is 7.43. The number of benzene rings is 1. The van der Waals surface area contributed by atoms with Crippen LogP contribution in [0.3, 0.4) is 0 Å². The maximum absolute atomic E-state index is 12.8. The zero-order chi connectivity index (χ0) is 15.2. The lowest BCUT2D eigenvalue weighted by Crippen LogP contribution is -2.50. The van der Waals surface area contributed by atoms with Crippen LogP contribution in [0.25, 0.3) is 0 Å². The van der Waals surface area contributed by atoms with Gasteiger partial charge in [-0.3, -0.25) is 4.79 Å². The number of nitrogens with zero attached hydrogens (tertiary/aromatic N) is 1. The van der Waals surface area contributed by atoms with E-state index >= 15 is 0 Å². The lowest BCUT2D eigenvalue weighted by Gasteiger charge is -2.36. The lowest BCUT2D eigenvalue weighted by molar-refractivity contribution is -0.0858. The minimum atomic E-state index is -0.290. The summed E-state index contributed by atoms with van der Waals surface area (Å²) in [5, 5.41) is 12.4. The molecule has 2 atom stereocenters. The molecular formula is C16H24N2O3. The molecule has 0 bridgehead atoms. The number of aliphatic hydroxyl groups excluding tert-OH is 1. The molecule has 0 saturated carbocycles. The molecule has 5 heteroatoms. The smallest absolute Gasteiger partial charge is 0.254 e. The molecule has 116 valence electrons. The quantitative estimate of drug-likeness (QED) is 0.837. The Morgan fingerprint density at radius 2 is 2.19 bits per heavy atom. The molecule has 1 saturated heterocycles. The third kappa shape index (κ3) is 4.03. The first kappa shape index (κ1) is 15.9. The number of amides is 1. The minimum absolute atomic E-state index is 0.0234. The van der Waals surface area contributed by atoms with Crippen LogP contribution in [-0.2, 0) is 11.2 Å². The second-order valence-corrected chi connectivity index (χ2v) is 5.47. The third-order valence-corrected chi connectivity index (χ3v) is 3.71. The Hall–Kier alpha value is -1.43. The number of aliphatic hydroxyl groups is 1. The van der Waals surface area contributed by atoms with Crippen molar-refractivity contribution in [3.05, 3.63) is 35.4 Å². The van der Waals surface area contributed by atoms with E-state index in [0.717, 1.165) is 24.1 Å². The highest BCUT2D eigenvalue weighted by molar-refractivity contribution is 5.95. The second-order valence-electron chi connectivity index (χ2n) is 5.47. The van der Waals surface area contributed by atoms with Crippen molar-refractivity contribution >= 4 is 5.91 Å². The summed E-state index contributed by atoms with van der Waals surface area (Å²) in [5.41, 5.74) is 1.80. The minimum Gasteiger partial charge on any atom is -0.394 e. The van der Waals surface area contributed by atoms with Crippen LogP contribution in [0.5, 0.6) is 0 Å². The summed E-state index contributed by atoms with van der Waals surface area (Å²) in [6.45, 7) is 3.71.